The molecule has 0 fully saturated rings. The molecule has 19 heavy (non-hydrogen) atoms. The fourth-order valence-corrected chi connectivity index (χ4v) is 1.83. The molecule has 0 saturated heterocycles. The van der Waals surface area contributed by atoms with Gasteiger partial charge in [0.25, 0.3) is 0 Å². The number of rotatable bonds is 4. The molecule has 4 nitrogen and oxygen atoms in total. The summed E-state index contributed by atoms with van der Waals surface area (Å²) in [7, 11) is 0. The highest BCUT2D eigenvalue weighted by molar-refractivity contribution is 9.10. The fraction of sp³-hybridized carbons (Fsp3) is 0.143. The maximum atomic E-state index is 7.35. The normalized spacial score (nSPS) is 10.2. The number of nitrogen functional groups attached to an aromatic ring is 1. The highest BCUT2D eigenvalue weighted by Gasteiger charge is 2.02. The van der Waals surface area contributed by atoms with Gasteiger partial charge >= 0.3 is 0 Å². The minimum absolute atomic E-state index is 0.0404. The molecule has 0 aliphatic rings. The van der Waals surface area contributed by atoms with Crippen molar-refractivity contribution in [3.63, 3.8) is 0 Å². The standard InChI is InChI=1S/C14H14BrN3O/c1-9-6-11(2-3-12(9)15)19-8-10-4-5-18-13(7-10)14(16)17/h2-7H,8H2,1H3,(H3,16,17). The summed E-state index contributed by atoms with van der Waals surface area (Å²) in [5.41, 5.74) is 7.92. The first-order valence-corrected chi connectivity index (χ1v) is 6.54. The van der Waals surface area contributed by atoms with Gasteiger partial charge in [0.05, 0.1) is 0 Å². The van der Waals surface area contributed by atoms with Crippen LogP contribution in [-0.4, -0.2) is 10.8 Å². The van der Waals surface area contributed by atoms with Crippen molar-refractivity contribution in [3.8, 4) is 5.75 Å². The quantitative estimate of drug-likeness (QED) is 0.672. The van der Waals surface area contributed by atoms with Crippen LogP contribution in [0.15, 0.2) is 41.0 Å². The number of nitrogens with one attached hydrogen (secondary N) is 1. The van der Waals surface area contributed by atoms with Crippen molar-refractivity contribution in [2.75, 3.05) is 0 Å². The number of aryl methyl sites for hydroxylation is 1. The van der Waals surface area contributed by atoms with Crippen LogP contribution in [0, 0.1) is 12.3 Å². The van der Waals surface area contributed by atoms with Crippen molar-refractivity contribution in [1.82, 2.24) is 4.98 Å². The van der Waals surface area contributed by atoms with E-state index >= 15 is 0 Å². The Morgan fingerprint density at radius 1 is 1.37 bits per heavy atom. The summed E-state index contributed by atoms with van der Waals surface area (Å²) in [4.78, 5) is 4.01. The zero-order chi connectivity index (χ0) is 13.8. The summed E-state index contributed by atoms with van der Waals surface area (Å²) in [6.45, 7) is 2.43. The molecule has 0 aliphatic heterocycles. The average molecular weight is 320 g/mol. The minimum atomic E-state index is -0.0404. The fourth-order valence-electron chi connectivity index (χ4n) is 1.59. The van der Waals surface area contributed by atoms with E-state index in [4.69, 9.17) is 15.9 Å². The van der Waals surface area contributed by atoms with Crippen molar-refractivity contribution in [1.29, 1.82) is 5.41 Å². The van der Waals surface area contributed by atoms with E-state index < -0.39 is 0 Å². The van der Waals surface area contributed by atoms with Gasteiger partial charge in [-0.3, -0.25) is 10.4 Å². The predicted molar refractivity (Wildman–Crippen MR) is 78.5 cm³/mol. The number of benzene rings is 1. The second kappa shape index (κ2) is 5.84. The van der Waals surface area contributed by atoms with Gasteiger partial charge < -0.3 is 10.5 Å². The Balaban J connectivity index is 2.07. The molecule has 5 heteroatoms. The summed E-state index contributed by atoms with van der Waals surface area (Å²) in [5.74, 6) is 0.767. The maximum Gasteiger partial charge on any atom is 0.141 e. The molecule has 1 aromatic carbocycles. The molecule has 0 bridgehead atoms. The Hall–Kier alpha value is -1.88. The molecular formula is C14H14BrN3O. The molecule has 98 valence electrons. The Morgan fingerprint density at radius 3 is 2.84 bits per heavy atom. The van der Waals surface area contributed by atoms with Crippen molar-refractivity contribution in [2.45, 2.75) is 13.5 Å². The molecule has 0 spiro atoms. The molecule has 0 atom stereocenters. The van der Waals surface area contributed by atoms with Crippen LogP contribution in [0.2, 0.25) is 0 Å². The van der Waals surface area contributed by atoms with Crippen molar-refractivity contribution < 1.29 is 4.74 Å². The van der Waals surface area contributed by atoms with Gasteiger partial charge in [-0.2, -0.15) is 0 Å². The van der Waals surface area contributed by atoms with Crippen molar-refractivity contribution >= 4 is 21.8 Å². The van der Waals surface area contributed by atoms with Gasteiger partial charge in [0.2, 0.25) is 0 Å². The van der Waals surface area contributed by atoms with Gasteiger partial charge in [-0.15, -0.1) is 0 Å². The zero-order valence-corrected chi connectivity index (χ0v) is 12.1. The Kier molecular flexibility index (Phi) is 4.16. The average Bonchev–Trinajstić information content (AvgIpc) is 2.40. The third-order valence-corrected chi connectivity index (χ3v) is 3.52. The third kappa shape index (κ3) is 3.54. The number of ether oxygens (including phenoxy) is 1. The van der Waals surface area contributed by atoms with Gasteiger partial charge in [-0.05, 0) is 48.4 Å². The smallest absolute Gasteiger partial charge is 0.141 e. The largest absolute Gasteiger partial charge is 0.489 e. The number of nitrogens with zero attached hydrogens (tertiary/aromatic N) is 1. The predicted octanol–water partition coefficient (Wildman–Crippen LogP) is 3.02. The number of hydrogen-bond acceptors (Lipinski definition) is 3. The lowest BCUT2D eigenvalue weighted by atomic mass is 10.2. The molecule has 0 aliphatic carbocycles. The second-order valence-electron chi connectivity index (χ2n) is 4.16. The van der Waals surface area contributed by atoms with Crippen LogP contribution in [0.3, 0.4) is 0 Å². The molecule has 2 rings (SSSR count). The zero-order valence-electron chi connectivity index (χ0n) is 10.5. The van der Waals surface area contributed by atoms with Crippen LogP contribution < -0.4 is 10.5 Å². The molecule has 2 aromatic rings. The van der Waals surface area contributed by atoms with Crippen LogP contribution in [0.5, 0.6) is 5.75 Å². The Labute approximate surface area is 120 Å². The van der Waals surface area contributed by atoms with E-state index in [1.807, 2.05) is 31.2 Å². The Bertz CT molecular complexity index is 613. The third-order valence-electron chi connectivity index (χ3n) is 2.64. The van der Waals surface area contributed by atoms with Gasteiger partial charge in [0, 0.05) is 10.7 Å². The number of amidine groups is 1. The van der Waals surface area contributed by atoms with E-state index in [-0.39, 0.29) is 5.84 Å². The summed E-state index contributed by atoms with van der Waals surface area (Å²) < 4.78 is 6.76. The topological polar surface area (TPSA) is 72.0 Å². The molecular weight excluding hydrogens is 306 g/mol. The van der Waals surface area contributed by atoms with E-state index in [1.165, 1.54) is 0 Å². The maximum absolute atomic E-state index is 7.35. The van der Waals surface area contributed by atoms with Gasteiger partial charge in [0.15, 0.2) is 0 Å². The van der Waals surface area contributed by atoms with Crippen molar-refractivity contribution in [2.24, 2.45) is 5.73 Å². The lowest BCUT2D eigenvalue weighted by Gasteiger charge is -2.08. The SMILES string of the molecule is Cc1cc(OCc2ccnc(C(=N)N)c2)ccc1Br. The molecule has 0 saturated carbocycles. The highest BCUT2D eigenvalue weighted by atomic mass is 79.9. The Morgan fingerprint density at radius 2 is 2.16 bits per heavy atom. The highest BCUT2D eigenvalue weighted by Crippen LogP contribution is 2.22. The van der Waals surface area contributed by atoms with Crippen LogP contribution in [0.25, 0.3) is 0 Å². The number of aromatic nitrogens is 1. The van der Waals surface area contributed by atoms with Crippen LogP contribution in [-0.2, 0) is 6.61 Å². The molecule has 1 aromatic heterocycles. The number of hydrogen-bond donors (Lipinski definition) is 2. The first-order chi connectivity index (χ1) is 9.06. The van der Waals surface area contributed by atoms with E-state index in [0.717, 1.165) is 21.3 Å². The molecule has 3 N–H and O–H groups in total. The first-order valence-electron chi connectivity index (χ1n) is 5.74. The van der Waals surface area contributed by atoms with Gasteiger partial charge in [0.1, 0.15) is 23.9 Å². The molecule has 0 radical (unpaired) electrons. The van der Waals surface area contributed by atoms with Gasteiger partial charge in [-0.25, -0.2) is 0 Å². The lowest BCUT2D eigenvalue weighted by molar-refractivity contribution is 0.306. The summed E-state index contributed by atoms with van der Waals surface area (Å²) in [6, 6.07) is 9.44. The van der Waals surface area contributed by atoms with Crippen molar-refractivity contribution in [3.05, 3.63) is 57.8 Å². The summed E-state index contributed by atoms with van der Waals surface area (Å²) in [5, 5.41) is 7.35. The van der Waals surface area contributed by atoms with Crippen LogP contribution in [0.4, 0.5) is 0 Å². The number of pyridine rings is 1. The monoisotopic (exact) mass is 319 g/mol. The summed E-state index contributed by atoms with van der Waals surface area (Å²) in [6.07, 6.45) is 1.63. The summed E-state index contributed by atoms with van der Waals surface area (Å²) >= 11 is 3.45. The van der Waals surface area contributed by atoms with E-state index in [0.29, 0.717) is 12.3 Å². The van der Waals surface area contributed by atoms with E-state index in [9.17, 15) is 0 Å². The lowest BCUT2D eigenvalue weighted by Crippen LogP contribution is -2.13. The molecule has 0 unspecified atom stereocenters. The molecule has 1 heterocycles. The van der Waals surface area contributed by atoms with E-state index in [1.54, 1.807) is 12.3 Å². The number of nitrogens with two attached hydrogens (primary N) is 1. The minimum Gasteiger partial charge on any atom is -0.489 e. The second-order valence-corrected chi connectivity index (χ2v) is 5.02. The van der Waals surface area contributed by atoms with E-state index in [2.05, 4.69) is 20.9 Å². The van der Waals surface area contributed by atoms with Crippen LogP contribution >= 0.6 is 15.9 Å². The first kappa shape index (κ1) is 13.5. The van der Waals surface area contributed by atoms with Crippen LogP contribution in [0.1, 0.15) is 16.8 Å². The number of halogens is 1. The molecule has 0 amide bonds. The van der Waals surface area contributed by atoms with Gasteiger partial charge in [-0.1, -0.05) is 15.9 Å².